The van der Waals surface area contributed by atoms with Crippen molar-refractivity contribution in [2.75, 3.05) is 0 Å². The van der Waals surface area contributed by atoms with Gasteiger partial charge >= 0.3 is 0 Å². The third kappa shape index (κ3) is 3.05. The fourth-order valence-electron chi connectivity index (χ4n) is 2.95. The molecule has 0 saturated carbocycles. The number of hydrogen-bond donors (Lipinski definition) is 0. The van der Waals surface area contributed by atoms with E-state index in [0.717, 1.165) is 8.19 Å². The first kappa shape index (κ1) is 15.5. The molecule has 0 aliphatic carbocycles. The molecule has 0 bridgehead atoms. The van der Waals surface area contributed by atoms with Gasteiger partial charge in [0.15, 0.2) is 0 Å². The SMILES string of the molecule is Cc1c[pH]c([C@@H](C)P(c2ccccc2)c2ccccc2)c1C. The summed E-state index contributed by atoms with van der Waals surface area (Å²) in [5, 5.41) is 4.60. The lowest BCUT2D eigenvalue weighted by atomic mass is 10.2. The lowest BCUT2D eigenvalue weighted by Gasteiger charge is -2.26. The number of benzene rings is 2. The Hall–Kier alpha value is -1.35. The predicted molar refractivity (Wildman–Crippen MR) is 103 cm³/mol. The third-order valence-electron chi connectivity index (χ3n) is 4.31. The van der Waals surface area contributed by atoms with Crippen molar-refractivity contribution in [1.82, 2.24) is 0 Å². The molecule has 22 heavy (non-hydrogen) atoms. The summed E-state index contributed by atoms with van der Waals surface area (Å²) in [6.07, 6.45) is 0. The highest BCUT2D eigenvalue weighted by Crippen LogP contribution is 2.52. The molecular formula is C20H22P2. The Balaban J connectivity index is 2.08. The molecule has 1 aromatic heterocycles. The van der Waals surface area contributed by atoms with Gasteiger partial charge in [-0.05, 0) is 54.6 Å². The van der Waals surface area contributed by atoms with Gasteiger partial charge in [0.2, 0.25) is 0 Å². The summed E-state index contributed by atoms with van der Waals surface area (Å²) < 4.78 is 0. The predicted octanol–water partition coefficient (Wildman–Crippen LogP) is 5.53. The van der Waals surface area contributed by atoms with Crippen molar-refractivity contribution in [3.8, 4) is 0 Å². The summed E-state index contributed by atoms with van der Waals surface area (Å²) in [5.74, 6) is 2.41. The molecule has 2 atom stereocenters. The Labute approximate surface area is 136 Å². The van der Waals surface area contributed by atoms with Gasteiger partial charge in [-0.15, -0.1) is 8.19 Å². The Morgan fingerprint density at radius 1 is 0.818 bits per heavy atom. The van der Waals surface area contributed by atoms with E-state index in [1.165, 1.54) is 21.7 Å². The van der Waals surface area contributed by atoms with Gasteiger partial charge < -0.3 is 0 Å². The van der Waals surface area contributed by atoms with Crippen molar-refractivity contribution >= 4 is 26.7 Å². The molecule has 0 nitrogen and oxygen atoms in total. The van der Waals surface area contributed by atoms with Crippen LogP contribution in [0.25, 0.3) is 0 Å². The summed E-state index contributed by atoms with van der Waals surface area (Å²) in [7, 11) is 0.504. The van der Waals surface area contributed by atoms with E-state index in [9.17, 15) is 0 Å². The molecule has 0 radical (unpaired) electrons. The molecule has 0 N–H and O–H groups in total. The van der Waals surface area contributed by atoms with Crippen LogP contribution in [0.5, 0.6) is 0 Å². The van der Waals surface area contributed by atoms with Gasteiger partial charge in [0.05, 0.1) is 0 Å². The largest absolute Gasteiger partial charge is 0.135 e. The molecule has 0 aliphatic heterocycles. The van der Waals surface area contributed by atoms with Crippen molar-refractivity contribution < 1.29 is 0 Å². The van der Waals surface area contributed by atoms with E-state index in [4.69, 9.17) is 0 Å². The first-order chi connectivity index (χ1) is 10.7. The minimum absolute atomic E-state index is 0.353. The standard InChI is InChI=1S/C20H22P2/c1-15-14-21-20(16(15)2)17(3)22(18-10-6-4-7-11-18)19-12-8-5-9-13-19/h4-14,17,21H,1-3H3/t17-/m1/s1. The van der Waals surface area contributed by atoms with Crippen LogP contribution in [-0.4, -0.2) is 0 Å². The zero-order chi connectivity index (χ0) is 15.5. The second kappa shape index (κ2) is 6.82. The van der Waals surface area contributed by atoms with E-state index in [-0.39, 0.29) is 7.92 Å². The number of hydrogen-bond acceptors (Lipinski definition) is 0. The second-order valence-electron chi connectivity index (χ2n) is 5.73. The average molecular weight is 324 g/mol. The minimum atomic E-state index is -0.353. The van der Waals surface area contributed by atoms with Crippen LogP contribution in [0.3, 0.4) is 0 Å². The van der Waals surface area contributed by atoms with E-state index in [1.807, 2.05) is 0 Å². The van der Waals surface area contributed by atoms with Gasteiger partial charge in [-0.25, -0.2) is 0 Å². The fourth-order valence-corrected chi connectivity index (χ4v) is 7.44. The van der Waals surface area contributed by atoms with Crippen LogP contribution in [0.1, 0.15) is 29.0 Å². The van der Waals surface area contributed by atoms with Gasteiger partial charge in [0.1, 0.15) is 0 Å². The monoisotopic (exact) mass is 324 g/mol. The third-order valence-corrected chi connectivity index (χ3v) is 8.99. The molecular weight excluding hydrogens is 302 g/mol. The topological polar surface area (TPSA) is 0 Å². The molecule has 3 aromatic rings. The van der Waals surface area contributed by atoms with Crippen molar-refractivity contribution in [3.63, 3.8) is 0 Å². The van der Waals surface area contributed by atoms with Crippen molar-refractivity contribution in [1.29, 1.82) is 0 Å². The molecule has 112 valence electrons. The van der Waals surface area contributed by atoms with Crippen LogP contribution in [0.4, 0.5) is 0 Å². The molecule has 0 amide bonds. The quantitative estimate of drug-likeness (QED) is 0.554. The zero-order valence-electron chi connectivity index (χ0n) is 13.4. The van der Waals surface area contributed by atoms with Gasteiger partial charge in [0.25, 0.3) is 0 Å². The highest BCUT2D eigenvalue weighted by Gasteiger charge is 2.24. The summed E-state index contributed by atoms with van der Waals surface area (Å²) in [4.78, 5) is 0. The molecule has 0 aliphatic rings. The number of aryl methyl sites for hydroxylation is 1. The van der Waals surface area contributed by atoms with Crippen LogP contribution in [-0.2, 0) is 0 Å². The maximum absolute atomic E-state index is 2.42. The van der Waals surface area contributed by atoms with E-state index in [0.29, 0.717) is 5.66 Å². The minimum Gasteiger partial charge on any atom is -0.135 e. The first-order valence-electron chi connectivity index (χ1n) is 7.72. The van der Waals surface area contributed by atoms with Crippen molar-refractivity contribution in [3.05, 3.63) is 82.9 Å². The number of rotatable bonds is 4. The highest BCUT2D eigenvalue weighted by atomic mass is 31.1. The normalized spacial score (nSPS) is 12.9. The van der Waals surface area contributed by atoms with Crippen molar-refractivity contribution in [2.45, 2.75) is 26.4 Å². The van der Waals surface area contributed by atoms with E-state index in [1.54, 1.807) is 5.30 Å². The summed E-state index contributed by atoms with van der Waals surface area (Å²) in [6, 6.07) is 22.1. The highest BCUT2D eigenvalue weighted by molar-refractivity contribution is 7.73. The van der Waals surface area contributed by atoms with Gasteiger partial charge in [-0.2, -0.15) is 0 Å². The summed E-state index contributed by atoms with van der Waals surface area (Å²) in [5.41, 5.74) is 3.58. The van der Waals surface area contributed by atoms with Gasteiger partial charge in [-0.1, -0.05) is 67.6 Å². The lowest BCUT2D eigenvalue weighted by Crippen LogP contribution is -2.15. The maximum atomic E-state index is 2.42. The van der Waals surface area contributed by atoms with Crippen LogP contribution < -0.4 is 10.6 Å². The Bertz CT molecular complexity index is 689. The van der Waals surface area contributed by atoms with Crippen LogP contribution >= 0.6 is 16.1 Å². The van der Waals surface area contributed by atoms with Crippen LogP contribution in [0, 0.1) is 13.8 Å². The smallest absolute Gasteiger partial charge is 0.0131 e. The first-order valence-corrected chi connectivity index (χ1v) is 10.2. The van der Waals surface area contributed by atoms with Crippen LogP contribution in [0.15, 0.2) is 66.5 Å². The van der Waals surface area contributed by atoms with Gasteiger partial charge in [0, 0.05) is 5.66 Å². The molecule has 2 heteroatoms. The Kier molecular flexibility index (Phi) is 4.82. The van der Waals surface area contributed by atoms with Crippen LogP contribution in [0.2, 0.25) is 0 Å². The molecule has 1 unspecified atom stereocenters. The van der Waals surface area contributed by atoms with E-state index < -0.39 is 0 Å². The van der Waals surface area contributed by atoms with Gasteiger partial charge in [-0.3, -0.25) is 0 Å². The Morgan fingerprint density at radius 3 is 1.73 bits per heavy atom. The molecule has 0 fully saturated rings. The molecule has 0 spiro atoms. The summed E-state index contributed by atoms with van der Waals surface area (Å²) >= 11 is 0. The average Bonchev–Trinajstić information content (AvgIpc) is 2.89. The van der Waals surface area contributed by atoms with Crippen molar-refractivity contribution in [2.24, 2.45) is 0 Å². The molecule has 2 aromatic carbocycles. The second-order valence-corrected chi connectivity index (χ2v) is 9.39. The lowest BCUT2D eigenvalue weighted by molar-refractivity contribution is 1.10. The molecule has 0 saturated heterocycles. The fraction of sp³-hybridized carbons (Fsp3) is 0.200. The van der Waals surface area contributed by atoms with E-state index >= 15 is 0 Å². The van der Waals surface area contributed by atoms with E-state index in [2.05, 4.69) is 87.2 Å². The maximum Gasteiger partial charge on any atom is 0.0131 e. The molecule has 1 heterocycles. The zero-order valence-corrected chi connectivity index (χ0v) is 15.3. The molecule has 3 rings (SSSR count). The Morgan fingerprint density at radius 2 is 1.32 bits per heavy atom. The summed E-state index contributed by atoms with van der Waals surface area (Å²) in [6.45, 7) is 6.96.